The van der Waals surface area contributed by atoms with Gasteiger partial charge in [0.1, 0.15) is 0 Å². The van der Waals surface area contributed by atoms with Crippen molar-refractivity contribution in [1.82, 2.24) is 4.98 Å². The molecule has 0 bridgehead atoms. The third kappa shape index (κ3) is 3.77. The number of benzene rings is 1. The zero-order valence-corrected chi connectivity index (χ0v) is 10.0. The normalized spacial score (nSPS) is 8.27. The number of hydrogen-bond donors (Lipinski definition) is 1. The molecular weight excluding hydrogens is 208 g/mol. The largest absolute Gasteiger partial charge is 0.333 e. The molecule has 15 heavy (non-hydrogen) atoms. The first-order valence-corrected chi connectivity index (χ1v) is 5.60. The number of carbonyl (C=O) groups is 1. The number of aromatic nitrogens is 1. The van der Waals surface area contributed by atoms with Crippen molar-refractivity contribution in [3.63, 3.8) is 0 Å². The highest BCUT2D eigenvalue weighted by Crippen LogP contribution is 2.19. The highest BCUT2D eigenvalue weighted by Gasteiger charge is 1.99. The van der Waals surface area contributed by atoms with Gasteiger partial charge in [-0.05, 0) is 19.2 Å². The van der Waals surface area contributed by atoms with Gasteiger partial charge in [0.2, 0.25) is 0 Å². The third-order valence-corrected chi connectivity index (χ3v) is 2.37. The number of carbonyl (C=O) groups excluding carboxylic acids is 1. The molecule has 0 amide bonds. The summed E-state index contributed by atoms with van der Waals surface area (Å²) in [5.41, 5.74) is 5.40. The summed E-state index contributed by atoms with van der Waals surface area (Å²) < 4.78 is 1.06. The number of thiazole rings is 1. The summed E-state index contributed by atoms with van der Waals surface area (Å²) in [5.74, 6) is 0. The maximum Gasteiger partial charge on any atom is 0.178 e. The van der Waals surface area contributed by atoms with Gasteiger partial charge in [0.15, 0.2) is 11.3 Å². The first-order chi connectivity index (χ1) is 7.40. The van der Waals surface area contributed by atoms with Crippen LogP contribution in [0.25, 0.3) is 10.2 Å². The molecule has 82 valence electrons. The van der Waals surface area contributed by atoms with E-state index >= 15 is 0 Å². The predicted molar refractivity (Wildman–Crippen MR) is 66.5 cm³/mol. The predicted octanol–water partition coefficient (Wildman–Crippen LogP) is 2.71. The van der Waals surface area contributed by atoms with Crippen LogP contribution in [0.4, 0.5) is 0 Å². The highest BCUT2D eigenvalue weighted by atomic mass is 32.1. The van der Waals surface area contributed by atoms with Gasteiger partial charge in [-0.25, -0.2) is 4.98 Å². The Morgan fingerprint density at radius 2 is 1.87 bits per heavy atom. The van der Waals surface area contributed by atoms with E-state index in [4.69, 9.17) is 0 Å². The first kappa shape index (κ1) is 13.7. The van der Waals surface area contributed by atoms with Crippen molar-refractivity contribution in [3.8, 4) is 0 Å². The molecule has 0 atom stereocenters. The minimum absolute atomic E-state index is 0.547. The van der Waals surface area contributed by atoms with E-state index in [1.807, 2.05) is 38.1 Å². The first-order valence-electron chi connectivity index (χ1n) is 4.78. The Balaban J connectivity index is 0.000000442. The Morgan fingerprint density at radius 3 is 2.40 bits per heavy atom. The molecule has 3 nitrogen and oxygen atoms in total. The zero-order valence-electron chi connectivity index (χ0n) is 9.23. The topological polar surface area (TPSA) is 56.0 Å². The second-order valence-corrected chi connectivity index (χ2v) is 3.20. The van der Waals surface area contributed by atoms with Crippen LogP contribution in [-0.4, -0.2) is 18.3 Å². The van der Waals surface area contributed by atoms with Crippen LogP contribution in [0.5, 0.6) is 0 Å². The molecule has 2 rings (SSSR count). The Kier molecular flexibility index (Phi) is 7.40. The molecule has 2 aromatic rings. The summed E-state index contributed by atoms with van der Waals surface area (Å²) in [6.45, 7) is 4.00. The number of para-hydroxylation sites is 1. The molecule has 0 saturated heterocycles. The molecule has 0 fully saturated rings. The fraction of sp³-hybridized carbons (Fsp3) is 0.273. The lowest BCUT2D eigenvalue weighted by Gasteiger charge is -1.80. The van der Waals surface area contributed by atoms with Crippen molar-refractivity contribution >= 4 is 27.8 Å². The quantitative estimate of drug-likeness (QED) is 0.758. The van der Waals surface area contributed by atoms with Gasteiger partial charge < -0.3 is 5.73 Å². The lowest BCUT2D eigenvalue weighted by Crippen LogP contribution is -1.72. The number of hydrogen-bond acceptors (Lipinski definition) is 4. The van der Waals surface area contributed by atoms with Gasteiger partial charge >= 0.3 is 0 Å². The van der Waals surface area contributed by atoms with Gasteiger partial charge in [-0.2, -0.15) is 0 Å². The van der Waals surface area contributed by atoms with Crippen molar-refractivity contribution in [3.05, 3.63) is 29.3 Å². The molecule has 1 heterocycles. The fourth-order valence-corrected chi connectivity index (χ4v) is 1.72. The van der Waals surface area contributed by atoms with Crippen LogP contribution in [0.1, 0.15) is 23.6 Å². The molecule has 2 N–H and O–H groups in total. The average molecular weight is 224 g/mol. The van der Waals surface area contributed by atoms with Crippen molar-refractivity contribution in [2.45, 2.75) is 13.8 Å². The molecule has 1 aromatic carbocycles. The Morgan fingerprint density at radius 1 is 1.27 bits per heavy atom. The molecule has 0 saturated carbocycles. The van der Waals surface area contributed by atoms with Crippen molar-refractivity contribution in [2.75, 3.05) is 7.05 Å². The molecule has 0 radical (unpaired) electrons. The van der Waals surface area contributed by atoms with Crippen LogP contribution in [0, 0.1) is 0 Å². The van der Waals surface area contributed by atoms with Crippen molar-refractivity contribution < 1.29 is 4.79 Å². The van der Waals surface area contributed by atoms with E-state index in [0.717, 1.165) is 16.5 Å². The van der Waals surface area contributed by atoms with Gasteiger partial charge in [0.25, 0.3) is 0 Å². The average Bonchev–Trinajstić information content (AvgIpc) is 2.77. The monoisotopic (exact) mass is 224 g/mol. The standard InChI is InChI=1S/C8H5NOS.C2H6.CH5N/c10-5-8-9-6-3-1-2-4-7(6)11-8;2*1-2/h1-5H;1-2H3;2H2,1H3. The Labute approximate surface area is 93.9 Å². The maximum absolute atomic E-state index is 10.3. The molecule has 0 aliphatic carbocycles. The van der Waals surface area contributed by atoms with E-state index in [1.165, 1.54) is 18.4 Å². The highest BCUT2D eigenvalue weighted by molar-refractivity contribution is 7.19. The van der Waals surface area contributed by atoms with Crippen LogP contribution in [0.3, 0.4) is 0 Å². The van der Waals surface area contributed by atoms with Gasteiger partial charge in [-0.1, -0.05) is 26.0 Å². The molecular formula is C11H16N2OS. The lowest BCUT2D eigenvalue weighted by molar-refractivity contribution is 0.112. The zero-order chi connectivity index (χ0) is 11.7. The van der Waals surface area contributed by atoms with Crippen molar-refractivity contribution in [1.29, 1.82) is 0 Å². The van der Waals surface area contributed by atoms with E-state index in [0.29, 0.717) is 5.01 Å². The van der Waals surface area contributed by atoms with E-state index < -0.39 is 0 Å². The molecule has 0 aliphatic rings. The second kappa shape index (κ2) is 8.08. The molecule has 0 spiro atoms. The van der Waals surface area contributed by atoms with Crippen LogP contribution in [-0.2, 0) is 0 Å². The Hall–Kier alpha value is -1.26. The van der Waals surface area contributed by atoms with Gasteiger partial charge in [0.05, 0.1) is 10.2 Å². The summed E-state index contributed by atoms with van der Waals surface area (Å²) in [5, 5.41) is 0.547. The van der Waals surface area contributed by atoms with E-state index in [9.17, 15) is 4.79 Å². The third-order valence-electron chi connectivity index (χ3n) is 1.41. The van der Waals surface area contributed by atoms with Crippen LogP contribution in [0.15, 0.2) is 24.3 Å². The minimum Gasteiger partial charge on any atom is -0.333 e. The van der Waals surface area contributed by atoms with E-state index in [1.54, 1.807) is 0 Å². The number of nitrogens with two attached hydrogens (primary N) is 1. The number of aldehydes is 1. The summed E-state index contributed by atoms with van der Waals surface area (Å²) in [6, 6.07) is 7.71. The summed E-state index contributed by atoms with van der Waals surface area (Å²) in [4.78, 5) is 14.4. The van der Waals surface area contributed by atoms with Crippen LogP contribution < -0.4 is 5.73 Å². The fourth-order valence-electron chi connectivity index (χ4n) is 0.940. The Bertz CT molecular complexity index is 365. The van der Waals surface area contributed by atoms with Gasteiger partial charge in [-0.3, -0.25) is 4.79 Å². The lowest BCUT2D eigenvalue weighted by atomic mass is 10.3. The molecule has 1 aromatic heterocycles. The summed E-state index contributed by atoms with van der Waals surface area (Å²) in [7, 11) is 1.50. The number of rotatable bonds is 1. The molecule has 0 aliphatic heterocycles. The summed E-state index contributed by atoms with van der Waals surface area (Å²) in [6.07, 6.45) is 0.782. The number of nitrogens with zero attached hydrogens (tertiary/aromatic N) is 1. The minimum atomic E-state index is 0.547. The van der Waals surface area contributed by atoms with Crippen LogP contribution >= 0.6 is 11.3 Å². The van der Waals surface area contributed by atoms with E-state index in [2.05, 4.69) is 10.7 Å². The van der Waals surface area contributed by atoms with Gasteiger partial charge in [0, 0.05) is 0 Å². The van der Waals surface area contributed by atoms with Crippen molar-refractivity contribution in [2.24, 2.45) is 5.73 Å². The molecule has 0 unspecified atom stereocenters. The van der Waals surface area contributed by atoms with Crippen LogP contribution in [0.2, 0.25) is 0 Å². The summed E-state index contributed by atoms with van der Waals surface area (Å²) >= 11 is 1.42. The SMILES string of the molecule is CC.CN.O=Cc1nc2ccccc2s1. The number of fused-ring (bicyclic) bond motifs is 1. The molecule has 4 heteroatoms. The smallest absolute Gasteiger partial charge is 0.178 e. The van der Waals surface area contributed by atoms with Gasteiger partial charge in [-0.15, -0.1) is 11.3 Å². The second-order valence-electron chi connectivity index (χ2n) is 2.14. The van der Waals surface area contributed by atoms with E-state index in [-0.39, 0.29) is 0 Å². The maximum atomic E-state index is 10.3.